The highest BCUT2D eigenvalue weighted by molar-refractivity contribution is 5.89. The molecule has 0 fully saturated rings. The smallest absolute Gasteiger partial charge is 0.297 e. The molecule has 5 heteroatoms. The van der Waals surface area contributed by atoms with Gasteiger partial charge in [0, 0.05) is 18.0 Å². The molecule has 3 rings (SSSR count). The minimum Gasteiger partial charge on any atom is -0.494 e. The minimum absolute atomic E-state index is 0.129. The van der Waals surface area contributed by atoms with Crippen LogP contribution in [0.25, 0.3) is 10.9 Å². The summed E-state index contributed by atoms with van der Waals surface area (Å²) in [4.78, 5) is 13.7. The first-order valence-corrected chi connectivity index (χ1v) is 13.3. The number of aryl methyl sites for hydroxylation is 1. The second kappa shape index (κ2) is 14.4. The second-order valence-electron chi connectivity index (χ2n) is 9.03. The zero-order valence-electron chi connectivity index (χ0n) is 21.7. The van der Waals surface area contributed by atoms with Crippen molar-refractivity contribution in [1.82, 2.24) is 4.57 Å². The fourth-order valence-corrected chi connectivity index (χ4v) is 4.04. The molecule has 3 aromatic rings. The van der Waals surface area contributed by atoms with Crippen molar-refractivity contribution in [1.29, 1.82) is 0 Å². The number of pyridine rings is 1. The number of nitrogens with zero attached hydrogens (tertiary/aromatic N) is 1. The van der Waals surface area contributed by atoms with E-state index in [1.54, 1.807) is 0 Å². The molecule has 190 valence electrons. The normalized spacial score (nSPS) is 11.1. The van der Waals surface area contributed by atoms with Crippen LogP contribution in [0.4, 0.5) is 0 Å². The van der Waals surface area contributed by atoms with Gasteiger partial charge in [0.05, 0.1) is 18.7 Å². The van der Waals surface area contributed by atoms with Gasteiger partial charge in [0.2, 0.25) is 5.75 Å². The Kier molecular flexibility index (Phi) is 11.0. The van der Waals surface area contributed by atoms with E-state index in [9.17, 15) is 4.79 Å². The van der Waals surface area contributed by atoms with Crippen LogP contribution in [0.15, 0.2) is 53.3 Å². The number of hydrogen-bond donors (Lipinski definition) is 0. The lowest BCUT2D eigenvalue weighted by Crippen LogP contribution is -2.24. The first kappa shape index (κ1) is 26.7. The molecule has 0 unspecified atom stereocenters. The molecule has 0 aliphatic rings. The lowest BCUT2D eigenvalue weighted by molar-refractivity contribution is 0.255. The van der Waals surface area contributed by atoms with Crippen molar-refractivity contribution in [3.05, 3.63) is 64.4 Å². The Labute approximate surface area is 210 Å². The Morgan fingerprint density at radius 2 is 1.46 bits per heavy atom. The Bertz CT molecular complexity index is 1090. The third-order valence-electron chi connectivity index (χ3n) is 6.12. The third kappa shape index (κ3) is 7.51. The molecule has 0 aliphatic carbocycles. The number of unbranched alkanes of at least 4 members (excludes halogenated alkanes) is 5. The lowest BCUT2D eigenvalue weighted by Gasteiger charge is -2.19. The number of hydrogen-bond acceptors (Lipinski definition) is 4. The van der Waals surface area contributed by atoms with Crippen LogP contribution in [-0.4, -0.2) is 17.8 Å². The molecule has 0 aliphatic heterocycles. The van der Waals surface area contributed by atoms with Gasteiger partial charge in [-0.3, -0.25) is 4.79 Å². The van der Waals surface area contributed by atoms with Crippen LogP contribution in [0.1, 0.15) is 77.7 Å². The maximum atomic E-state index is 13.7. The molecule has 0 saturated carbocycles. The quantitative estimate of drug-likeness (QED) is 0.199. The van der Waals surface area contributed by atoms with E-state index in [0.29, 0.717) is 37.9 Å². The summed E-state index contributed by atoms with van der Waals surface area (Å²) in [5.74, 6) is 1.62. The number of benzene rings is 2. The highest BCUT2D eigenvalue weighted by Gasteiger charge is 2.20. The van der Waals surface area contributed by atoms with Crippen LogP contribution >= 0.6 is 0 Å². The SMILES string of the molecule is CCCCCCOc1c(OCc2ccccc2)c2ccc(OCCCC)cc2n(CCCC)c1=O. The highest BCUT2D eigenvalue weighted by Crippen LogP contribution is 2.35. The van der Waals surface area contributed by atoms with Crippen molar-refractivity contribution in [2.24, 2.45) is 0 Å². The molecular formula is C30H41NO4. The minimum atomic E-state index is -0.129. The topological polar surface area (TPSA) is 49.7 Å². The van der Waals surface area contributed by atoms with Gasteiger partial charge >= 0.3 is 0 Å². The van der Waals surface area contributed by atoms with Crippen LogP contribution in [0.3, 0.4) is 0 Å². The molecule has 0 spiro atoms. The van der Waals surface area contributed by atoms with Gasteiger partial charge in [-0.2, -0.15) is 0 Å². The van der Waals surface area contributed by atoms with Gasteiger partial charge in [-0.25, -0.2) is 0 Å². The van der Waals surface area contributed by atoms with Crippen LogP contribution in [0.5, 0.6) is 17.2 Å². The van der Waals surface area contributed by atoms with Gasteiger partial charge < -0.3 is 18.8 Å². The molecule has 0 bridgehead atoms. The van der Waals surface area contributed by atoms with Crippen molar-refractivity contribution >= 4 is 10.9 Å². The summed E-state index contributed by atoms with van der Waals surface area (Å²) < 4.78 is 20.3. The summed E-state index contributed by atoms with van der Waals surface area (Å²) in [6.07, 6.45) is 8.32. The Morgan fingerprint density at radius 3 is 2.20 bits per heavy atom. The average molecular weight is 480 g/mol. The standard InChI is InChI=1S/C30H41NO4/c1-4-7-10-14-21-34-29-28(35-23-24-15-12-11-13-16-24)26-18-17-25(33-20-9-6-3)22-27(26)31(30(29)32)19-8-5-2/h11-13,15-18,22H,4-10,14,19-21,23H2,1-3H3. The molecule has 0 atom stereocenters. The Morgan fingerprint density at radius 1 is 0.714 bits per heavy atom. The number of rotatable bonds is 16. The van der Waals surface area contributed by atoms with Gasteiger partial charge in [0.15, 0.2) is 5.75 Å². The summed E-state index contributed by atoms with van der Waals surface area (Å²) in [5.41, 5.74) is 1.75. The number of fused-ring (bicyclic) bond motifs is 1. The Balaban J connectivity index is 2.03. The molecule has 0 saturated heterocycles. The second-order valence-corrected chi connectivity index (χ2v) is 9.03. The summed E-state index contributed by atoms with van der Waals surface area (Å²) in [6, 6.07) is 16.0. The summed E-state index contributed by atoms with van der Waals surface area (Å²) in [5, 5.41) is 0.878. The van der Waals surface area contributed by atoms with E-state index in [-0.39, 0.29) is 5.56 Å². The van der Waals surface area contributed by atoms with E-state index in [1.165, 1.54) is 6.42 Å². The van der Waals surface area contributed by atoms with E-state index in [2.05, 4.69) is 20.8 Å². The highest BCUT2D eigenvalue weighted by atomic mass is 16.5. The number of aromatic nitrogens is 1. The zero-order valence-corrected chi connectivity index (χ0v) is 21.7. The fourth-order valence-electron chi connectivity index (χ4n) is 4.04. The zero-order chi connectivity index (χ0) is 24.9. The first-order valence-electron chi connectivity index (χ1n) is 13.3. The van der Waals surface area contributed by atoms with E-state index < -0.39 is 0 Å². The van der Waals surface area contributed by atoms with Gasteiger partial charge in [-0.1, -0.05) is 83.2 Å². The van der Waals surface area contributed by atoms with E-state index >= 15 is 0 Å². The van der Waals surface area contributed by atoms with E-state index in [4.69, 9.17) is 14.2 Å². The molecule has 5 nitrogen and oxygen atoms in total. The average Bonchev–Trinajstić information content (AvgIpc) is 2.88. The predicted molar refractivity (Wildman–Crippen MR) is 144 cm³/mol. The van der Waals surface area contributed by atoms with Crippen molar-refractivity contribution in [2.45, 2.75) is 85.3 Å². The lowest BCUT2D eigenvalue weighted by atomic mass is 10.1. The van der Waals surface area contributed by atoms with Crippen molar-refractivity contribution in [3.63, 3.8) is 0 Å². The molecule has 0 N–H and O–H groups in total. The molecular weight excluding hydrogens is 438 g/mol. The predicted octanol–water partition coefficient (Wildman–Crippen LogP) is 7.52. The van der Waals surface area contributed by atoms with Crippen LogP contribution < -0.4 is 19.8 Å². The van der Waals surface area contributed by atoms with E-state index in [0.717, 1.165) is 67.2 Å². The van der Waals surface area contributed by atoms with E-state index in [1.807, 2.05) is 53.1 Å². The van der Waals surface area contributed by atoms with Crippen LogP contribution in [-0.2, 0) is 13.2 Å². The maximum Gasteiger partial charge on any atom is 0.297 e. The van der Waals surface area contributed by atoms with Crippen molar-refractivity contribution < 1.29 is 14.2 Å². The van der Waals surface area contributed by atoms with Gasteiger partial charge in [-0.15, -0.1) is 0 Å². The molecule has 1 aromatic heterocycles. The largest absolute Gasteiger partial charge is 0.494 e. The van der Waals surface area contributed by atoms with Gasteiger partial charge in [-0.05, 0) is 37.0 Å². The molecule has 2 aromatic carbocycles. The summed E-state index contributed by atoms with van der Waals surface area (Å²) in [6.45, 7) is 8.64. The van der Waals surface area contributed by atoms with Gasteiger partial charge in [0.1, 0.15) is 12.4 Å². The summed E-state index contributed by atoms with van der Waals surface area (Å²) in [7, 11) is 0. The molecule has 0 radical (unpaired) electrons. The summed E-state index contributed by atoms with van der Waals surface area (Å²) >= 11 is 0. The fraction of sp³-hybridized carbons (Fsp3) is 0.500. The molecule has 35 heavy (non-hydrogen) atoms. The van der Waals surface area contributed by atoms with Crippen LogP contribution in [0, 0.1) is 0 Å². The van der Waals surface area contributed by atoms with Crippen molar-refractivity contribution in [2.75, 3.05) is 13.2 Å². The Hall–Kier alpha value is -2.95. The molecule has 1 heterocycles. The van der Waals surface area contributed by atoms with Crippen LogP contribution in [0.2, 0.25) is 0 Å². The molecule has 0 amide bonds. The monoisotopic (exact) mass is 479 g/mol. The third-order valence-corrected chi connectivity index (χ3v) is 6.12. The number of ether oxygens (including phenoxy) is 3. The van der Waals surface area contributed by atoms with Crippen molar-refractivity contribution in [3.8, 4) is 17.2 Å². The maximum absolute atomic E-state index is 13.7. The first-order chi connectivity index (χ1) is 17.2. The van der Waals surface area contributed by atoms with Gasteiger partial charge in [0.25, 0.3) is 5.56 Å².